The van der Waals surface area contributed by atoms with Crippen molar-refractivity contribution in [2.75, 3.05) is 18.0 Å². The summed E-state index contributed by atoms with van der Waals surface area (Å²) in [5, 5.41) is 22.2. The Kier molecular flexibility index (Phi) is 4.55. The van der Waals surface area contributed by atoms with Crippen LogP contribution in [0.15, 0.2) is 27.8 Å². The Balaban J connectivity index is 2.32. The summed E-state index contributed by atoms with van der Waals surface area (Å²) < 4.78 is 0.879. The van der Waals surface area contributed by atoms with Crippen LogP contribution in [0, 0.1) is 0 Å². The Labute approximate surface area is 127 Å². The van der Waals surface area contributed by atoms with Crippen LogP contribution >= 0.6 is 15.9 Å². The highest BCUT2D eigenvalue weighted by Gasteiger charge is 2.26. The first kappa shape index (κ1) is 15.1. The zero-order valence-electron chi connectivity index (χ0n) is 11.5. The highest BCUT2D eigenvalue weighted by molar-refractivity contribution is 9.10. The van der Waals surface area contributed by atoms with Crippen molar-refractivity contribution in [1.29, 1.82) is 0 Å². The molecule has 1 heterocycles. The van der Waals surface area contributed by atoms with Gasteiger partial charge in [0.1, 0.15) is 0 Å². The van der Waals surface area contributed by atoms with E-state index in [0.717, 1.165) is 36.1 Å². The third-order valence-electron chi connectivity index (χ3n) is 3.75. The van der Waals surface area contributed by atoms with Gasteiger partial charge in [-0.1, -0.05) is 21.1 Å². The standard InChI is InChI=1S/C14H20BrN3O2/c1-14(19)5-2-7-18(8-6-14)12-4-3-10(15)9-11(12)13(16)17-20/h3-4,9,19-20H,2,5-8H2,1H3,(H2,16,17). The van der Waals surface area contributed by atoms with E-state index in [1.807, 2.05) is 25.1 Å². The fourth-order valence-electron chi connectivity index (χ4n) is 2.55. The highest BCUT2D eigenvalue weighted by Crippen LogP contribution is 2.29. The smallest absolute Gasteiger partial charge is 0.172 e. The third-order valence-corrected chi connectivity index (χ3v) is 4.24. The molecule has 1 unspecified atom stereocenters. The van der Waals surface area contributed by atoms with Crippen molar-refractivity contribution >= 4 is 27.5 Å². The molecule has 0 radical (unpaired) electrons. The monoisotopic (exact) mass is 341 g/mol. The molecule has 20 heavy (non-hydrogen) atoms. The van der Waals surface area contributed by atoms with Crippen molar-refractivity contribution in [3.05, 3.63) is 28.2 Å². The van der Waals surface area contributed by atoms with Crippen LogP contribution in [0.25, 0.3) is 0 Å². The number of aliphatic hydroxyl groups is 1. The summed E-state index contributed by atoms with van der Waals surface area (Å²) in [7, 11) is 0. The molecule has 0 bridgehead atoms. The van der Waals surface area contributed by atoms with Crippen LogP contribution in [0.4, 0.5) is 5.69 Å². The Morgan fingerprint density at radius 2 is 2.15 bits per heavy atom. The predicted octanol–water partition coefficient (Wildman–Crippen LogP) is 2.28. The summed E-state index contributed by atoms with van der Waals surface area (Å²) in [6, 6.07) is 5.73. The molecule has 0 saturated carbocycles. The molecule has 1 aliphatic heterocycles. The van der Waals surface area contributed by atoms with E-state index in [9.17, 15) is 5.11 Å². The van der Waals surface area contributed by atoms with Crippen molar-refractivity contribution in [3.63, 3.8) is 0 Å². The zero-order valence-corrected chi connectivity index (χ0v) is 13.1. The normalized spacial score (nSPS) is 24.6. The van der Waals surface area contributed by atoms with Gasteiger partial charge in [-0.25, -0.2) is 0 Å². The quantitative estimate of drug-likeness (QED) is 0.333. The zero-order chi connectivity index (χ0) is 14.8. The molecule has 0 amide bonds. The maximum atomic E-state index is 10.2. The van der Waals surface area contributed by atoms with Gasteiger partial charge < -0.3 is 20.9 Å². The number of benzene rings is 1. The van der Waals surface area contributed by atoms with Crippen LogP contribution in [-0.2, 0) is 0 Å². The van der Waals surface area contributed by atoms with Crippen molar-refractivity contribution in [3.8, 4) is 0 Å². The largest absolute Gasteiger partial charge is 0.409 e. The minimum absolute atomic E-state index is 0.0947. The molecule has 1 saturated heterocycles. The summed E-state index contributed by atoms with van der Waals surface area (Å²) in [4.78, 5) is 2.18. The number of rotatable bonds is 2. The van der Waals surface area contributed by atoms with E-state index in [1.54, 1.807) is 0 Å². The van der Waals surface area contributed by atoms with Crippen LogP contribution in [0.5, 0.6) is 0 Å². The minimum Gasteiger partial charge on any atom is -0.409 e. The topological polar surface area (TPSA) is 82.1 Å². The first-order valence-electron chi connectivity index (χ1n) is 6.68. The molecule has 5 nitrogen and oxygen atoms in total. The molecule has 110 valence electrons. The number of hydrogen-bond acceptors (Lipinski definition) is 4. The fourth-order valence-corrected chi connectivity index (χ4v) is 2.91. The average Bonchev–Trinajstić information content (AvgIpc) is 2.59. The van der Waals surface area contributed by atoms with Gasteiger partial charge in [0.15, 0.2) is 5.84 Å². The molecule has 1 aliphatic rings. The summed E-state index contributed by atoms with van der Waals surface area (Å²) in [6.45, 7) is 3.48. The first-order valence-corrected chi connectivity index (χ1v) is 7.47. The van der Waals surface area contributed by atoms with E-state index in [-0.39, 0.29) is 5.84 Å². The number of nitrogens with zero attached hydrogens (tertiary/aromatic N) is 2. The Morgan fingerprint density at radius 1 is 1.40 bits per heavy atom. The lowest BCUT2D eigenvalue weighted by Crippen LogP contribution is -2.30. The molecule has 1 aromatic carbocycles. The summed E-state index contributed by atoms with van der Waals surface area (Å²) in [5.41, 5.74) is 6.79. The minimum atomic E-state index is -0.610. The van der Waals surface area contributed by atoms with Crippen LogP contribution < -0.4 is 10.6 Å². The SMILES string of the molecule is CC1(O)CCCN(c2ccc(Br)cc2/C(N)=N/O)CC1. The van der Waals surface area contributed by atoms with Gasteiger partial charge in [-0.3, -0.25) is 0 Å². The van der Waals surface area contributed by atoms with E-state index in [2.05, 4.69) is 26.0 Å². The highest BCUT2D eigenvalue weighted by atomic mass is 79.9. The Morgan fingerprint density at radius 3 is 2.85 bits per heavy atom. The van der Waals surface area contributed by atoms with Crippen molar-refractivity contribution < 1.29 is 10.3 Å². The molecule has 6 heteroatoms. The molecule has 0 aromatic heterocycles. The summed E-state index contributed by atoms with van der Waals surface area (Å²) >= 11 is 3.40. The summed E-state index contributed by atoms with van der Waals surface area (Å²) in [6.07, 6.45) is 2.41. The number of oxime groups is 1. The maximum Gasteiger partial charge on any atom is 0.172 e. The van der Waals surface area contributed by atoms with Crippen LogP contribution in [0.1, 0.15) is 31.7 Å². The van der Waals surface area contributed by atoms with Gasteiger partial charge in [-0.05, 0) is 44.4 Å². The number of amidine groups is 1. The van der Waals surface area contributed by atoms with E-state index < -0.39 is 5.60 Å². The molecule has 1 aromatic rings. The molecular formula is C14H20BrN3O2. The van der Waals surface area contributed by atoms with Crippen LogP contribution in [0.2, 0.25) is 0 Å². The van der Waals surface area contributed by atoms with Gasteiger partial charge >= 0.3 is 0 Å². The molecule has 1 fully saturated rings. The van der Waals surface area contributed by atoms with Crippen LogP contribution in [-0.4, -0.2) is 34.8 Å². The second kappa shape index (κ2) is 6.01. The molecule has 1 atom stereocenters. The van der Waals surface area contributed by atoms with E-state index in [4.69, 9.17) is 10.9 Å². The fraction of sp³-hybridized carbons (Fsp3) is 0.500. The van der Waals surface area contributed by atoms with E-state index in [1.165, 1.54) is 0 Å². The lowest BCUT2D eigenvalue weighted by molar-refractivity contribution is 0.0481. The van der Waals surface area contributed by atoms with Crippen molar-refractivity contribution in [1.82, 2.24) is 0 Å². The van der Waals surface area contributed by atoms with Crippen molar-refractivity contribution in [2.24, 2.45) is 10.9 Å². The first-order chi connectivity index (χ1) is 9.43. The summed E-state index contributed by atoms with van der Waals surface area (Å²) in [5.74, 6) is 0.0947. The molecule has 4 N–H and O–H groups in total. The van der Waals surface area contributed by atoms with E-state index >= 15 is 0 Å². The molecule has 2 rings (SSSR count). The molecule has 0 aliphatic carbocycles. The molecule has 0 spiro atoms. The second-order valence-electron chi connectivity index (χ2n) is 5.48. The van der Waals surface area contributed by atoms with Crippen molar-refractivity contribution in [2.45, 2.75) is 31.8 Å². The van der Waals surface area contributed by atoms with Gasteiger partial charge in [0.25, 0.3) is 0 Å². The molecular weight excluding hydrogens is 322 g/mol. The number of anilines is 1. The van der Waals surface area contributed by atoms with E-state index in [0.29, 0.717) is 12.0 Å². The maximum absolute atomic E-state index is 10.2. The average molecular weight is 342 g/mol. The lowest BCUT2D eigenvalue weighted by atomic mass is 9.98. The van der Waals surface area contributed by atoms with Crippen LogP contribution in [0.3, 0.4) is 0 Å². The number of nitrogens with two attached hydrogens (primary N) is 1. The van der Waals surface area contributed by atoms with Gasteiger partial charge in [-0.2, -0.15) is 0 Å². The second-order valence-corrected chi connectivity index (χ2v) is 6.40. The number of halogens is 1. The Bertz CT molecular complexity index is 517. The third kappa shape index (κ3) is 3.43. The van der Waals surface area contributed by atoms with Gasteiger partial charge in [0.2, 0.25) is 0 Å². The van der Waals surface area contributed by atoms with Gasteiger partial charge in [0, 0.05) is 28.8 Å². The predicted molar refractivity (Wildman–Crippen MR) is 83.3 cm³/mol. The lowest BCUT2D eigenvalue weighted by Gasteiger charge is -2.26. The van der Waals surface area contributed by atoms with Gasteiger partial charge in [0.05, 0.1) is 5.60 Å². The number of hydrogen-bond donors (Lipinski definition) is 3. The van der Waals surface area contributed by atoms with Gasteiger partial charge in [-0.15, -0.1) is 0 Å². The Hall–Kier alpha value is -1.27.